The second-order valence-corrected chi connectivity index (χ2v) is 5.73. The molecule has 9 heteroatoms. The van der Waals surface area contributed by atoms with E-state index in [1.165, 1.54) is 0 Å². The number of ether oxygens (including phenoxy) is 1. The van der Waals surface area contributed by atoms with Crippen molar-refractivity contribution in [2.45, 2.75) is 32.8 Å². The van der Waals surface area contributed by atoms with Crippen molar-refractivity contribution in [3.8, 4) is 0 Å². The average Bonchev–Trinajstić information content (AvgIpc) is 3.17. The quantitative estimate of drug-likeness (QED) is 0.905. The van der Waals surface area contributed by atoms with E-state index in [0.717, 1.165) is 12.2 Å². The fourth-order valence-corrected chi connectivity index (χ4v) is 2.70. The second kappa shape index (κ2) is 6.67. The van der Waals surface area contributed by atoms with Gasteiger partial charge in [0, 0.05) is 18.5 Å². The first-order chi connectivity index (χ1) is 11.1. The Bertz CT molecular complexity index is 679. The van der Waals surface area contributed by atoms with Gasteiger partial charge < -0.3 is 14.2 Å². The van der Waals surface area contributed by atoms with E-state index in [2.05, 4.69) is 20.3 Å². The van der Waals surface area contributed by atoms with Crippen LogP contribution in [0.5, 0.6) is 0 Å². The summed E-state index contributed by atoms with van der Waals surface area (Å²) in [6.45, 7) is 5.15. The maximum Gasteiger partial charge on any atom is 0.229 e. The third kappa shape index (κ3) is 3.37. The summed E-state index contributed by atoms with van der Waals surface area (Å²) in [5.41, 5.74) is 1.26. The van der Waals surface area contributed by atoms with Crippen molar-refractivity contribution in [3.05, 3.63) is 28.1 Å². The summed E-state index contributed by atoms with van der Waals surface area (Å²) < 4.78 is 10.6. The number of nitrogens with one attached hydrogen (secondary N) is 1. The van der Waals surface area contributed by atoms with Crippen LogP contribution in [0.25, 0.3) is 0 Å². The van der Waals surface area contributed by atoms with E-state index in [0.29, 0.717) is 36.8 Å². The van der Waals surface area contributed by atoms with Crippen LogP contribution < -0.4 is 0 Å². The lowest BCUT2D eigenvalue weighted by Gasteiger charge is -2.31. The number of aromatic amines is 1. The predicted octanol–water partition coefficient (Wildman–Crippen LogP) is 1.46. The van der Waals surface area contributed by atoms with Crippen molar-refractivity contribution in [3.63, 3.8) is 0 Å². The van der Waals surface area contributed by atoms with Gasteiger partial charge in [-0.05, 0) is 18.5 Å². The molecule has 1 fully saturated rings. The molecule has 2 aromatic heterocycles. The van der Waals surface area contributed by atoms with Gasteiger partial charge >= 0.3 is 0 Å². The summed E-state index contributed by atoms with van der Waals surface area (Å²) in [4.78, 5) is 18.6. The van der Waals surface area contributed by atoms with Gasteiger partial charge in [0.05, 0.1) is 25.3 Å². The van der Waals surface area contributed by atoms with Crippen LogP contribution in [0.15, 0.2) is 4.52 Å². The van der Waals surface area contributed by atoms with Crippen molar-refractivity contribution in [2.75, 3.05) is 19.7 Å². The van der Waals surface area contributed by atoms with E-state index < -0.39 is 0 Å². The highest BCUT2D eigenvalue weighted by atomic mass is 35.5. The number of hydrogen-bond acceptors (Lipinski definition) is 6. The fourth-order valence-electron chi connectivity index (χ4n) is 2.47. The molecule has 0 aliphatic carbocycles. The number of morpholine rings is 1. The molecule has 1 amide bonds. The van der Waals surface area contributed by atoms with Crippen LogP contribution in [0, 0.1) is 6.92 Å². The first-order valence-electron chi connectivity index (χ1n) is 7.49. The molecule has 0 aromatic carbocycles. The summed E-state index contributed by atoms with van der Waals surface area (Å²) in [5.74, 6) is 1.34. The predicted molar refractivity (Wildman–Crippen MR) is 81.0 cm³/mol. The molecule has 0 bridgehead atoms. The Morgan fingerprint density at radius 2 is 2.35 bits per heavy atom. The number of carbonyl (C=O) groups excluding carboxylic acids is 1. The first kappa shape index (κ1) is 15.9. The van der Waals surface area contributed by atoms with Crippen molar-refractivity contribution >= 4 is 17.5 Å². The highest BCUT2D eigenvalue weighted by molar-refractivity contribution is 6.29. The summed E-state index contributed by atoms with van der Waals surface area (Å²) in [6.07, 6.45) is 0.617. The Kier molecular flexibility index (Phi) is 4.63. The number of aromatic nitrogens is 4. The number of nitrogens with zero attached hydrogens (tertiary/aromatic N) is 4. The Morgan fingerprint density at radius 1 is 1.52 bits per heavy atom. The van der Waals surface area contributed by atoms with Crippen LogP contribution >= 0.6 is 11.6 Å². The molecular formula is C14H18ClN5O3. The molecule has 1 atom stereocenters. The fraction of sp³-hybridized carbons (Fsp3) is 0.571. The normalized spacial score (nSPS) is 18.4. The van der Waals surface area contributed by atoms with Crippen molar-refractivity contribution in [1.82, 2.24) is 25.2 Å². The van der Waals surface area contributed by atoms with E-state index in [-0.39, 0.29) is 23.7 Å². The number of carbonyl (C=O) groups is 1. The van der Waals surface area contributed by atoms with Crippen molar-refractivity contribution in [2.24, 2.45) is 0 Å². The number of halogens is 1. The lowest BCUT2D eigenvalue weighted by Crippen LogP contribution is -2.43. The zero-order valence-electron chi connectivity index (χ0n) is 13.0. The van der Waals surface area contributed by atoms with E-state index >= 15 is 0 Å². The van der Waals surface area contributed by atoms with Gasteiger partial charge in [0.25, 0.3) is 0 Å². The van der Waals surface area contributed by atoms with Gasteiger partial charge in [-0.2, -0.15) is 5.10 Å². The van der Waals surface area contributed by atoms with Gasteiger partial charge in [-0.25, -0.2) is 4.98 Å². The minimum Gasteiger partial charge on any atom is -0.366 e. The lowest BCUT2D eigenvalue weighted by atomic mass is 10.1. The molecule has 3 heterocycles. The molecule has 8 nitrogen and oxygen atoms in total. The summed E-state index contributed by atoms with van der Waals surface area (Å²) in [7, 11) is 0. The Balaban J connectivity index is 1.67. The van der Waals surface area contributed by atoms with E-state index in [1.54, 1.807) is 11.8 Å². The highest BCUT2D eigenvalue weighted by Gasteiger charge is 2.29. The number of amides is 1. The molecule has 23 heavy (non-hydrogen) atoms. The molecule has 0 saturated carbocycles. The Morgan fingerprint density at radius 3 is 3.00 bits per heavy atom. The maximum absolute atomic E-state index is 12.5. The highest BCUT2D eigenvalue weighted by Crippen LogP contribution is 2.23. The molecule has 3 rings (SSSR count). The molecular weight excluding hydrogens is 322 g/mol. The van der Waals surface area contributed by atoms with Crippen LogP contribution in [-0.4, -0.2) is 50.8 Å². The van der Waals surface area contributed by atoms with Crippen LogP contribution in [0.1, 0.15) is 35.9 Å². The van der Waals surface area contributed by atoms with Gasteiger partial charge in [-0.3, -0.25) is 9.89 Å². The SMILES string of the molecule is CCc1nc(C2CN(C(=O)Cc3c(C)noc3Cl)CCO2)n[nH]1. The van der Waals surface area contributed by atoms with Gasteiger partial charge in [0.15, 0.2) is 5.82 Å². The third-order valence-corrected chi connectivity index (χ3v) is 4.15. The lowest BCUT2D eigenvalue weighted by molar-refractivity contribution is -0.138. The zero-order chi connectivity index (χ0) is 16.4. The van der Waals surface area contributed by atoms with Crippen LogP contribution in [0.2, 0.25) is 5.22 Å². The number of aryl methyl sites for hydroxylation is 2. The maximum atomic E-state index is 12.5. The van der Waals surface area contributed by atoms with Crippen LogP contribution in [-0.2, 0) is 22.4 Å². The van der Waals surface area contributed by atoms with Gasteiger partial charge in [0.1, 0.15) is 11.9 Å². The summed E-state index contributed by atoms with van der Waals surface area (Å²) >= 11 is 5.92. The third-order valence-electron chi connectivity index (χ3n) is 3.86. The van der Waals surface area contributed by atoms with Gasteiger partial charge in [-0.1, -0.05) is 12.1 Å². The van der Waals surface area contributed by atoms with E-state index in [9.17, 15) is 4.79 Å². The largest absolute Gasteiger partial charge is 0.366 e. The summed E-state index contributed by atoms with van der Waals surface area (Å²) in [5, 5.41) is 11.0. The summed E-state index contributed by atoms with van der Waals surface area (Å²) in [6, 6.07) is 0. The number of hydrogen-bond donors (Lipinski definition) is 1. The molecule has 0 spiro atoms. The standard InChI is InChI=1S/C14H18ClN5O3/c1-3-11-16-14(18-17-11)10-7-20(4-5-22-10)12(21)6-9-8(2)19-23-13(9)15/h10H,3-7H2,1-2H3,(H,16,17,18). The minimum atomic E-state index is -0.316. The van der Waals surface area contributed by atoms with Gasteiger partial charge in [-0.15, -0.1) is 0 Å². The van der Waals surface area contributed by atoms with Crippen molar-refractivity contribution in [1.29, 1.82) is 0 Å². The molecule has 1 aliphatic rings. The second-order valence-electron chi connectivity index (χ2n) is 5.39. The molecule has 1 N–H and O–H groups in total. The minimum absolute atomic E-state index is 0.0437. The molecule has 1 aliphatic heterocycles. The van der Waals surface area contributed by atoms with Crippen LogP contribution in [0.3, 0.4) is 0 Å². The monoisotopic (exact) mass is 339 g/mol. The number of rotatable bonds is 4. The first-order valence-corrected chi connectivity index (χ1v) is 7.87. The van der Waals surface area contributed by atoms with Crippen LogP contribution in [0.4, 0.5) is 0 Å². The zero-order valence-corrected chi connectivity index (χ0v) is 13.8. The topological polar surface area (TPSA) is 97.1 Å². The van der Waals surface area contributed by atoms with E-state index in [1.807, 2.05) is 6.92 Å². The molecule has 124 valence electrons. The molecule has 0 radical (unpaired) electrons. The number of H-pyrrole nitrogens is 1. The Labute approximate surface area is 138 Å². The van der Waals surface area contributed by atoms with Crippen molar-refractivity contribution < 1.29 is 14.1 Å². The van der Waals surface area contributed by atoms with Gasteiger partial charge in [0.2, 0.25) is 11.1 Å². The smallest absolute Gasteiger partial charge is 0.229 e. The Hall–Kier alpha value is -1.93. The molecule has 1 unspecified atom stereocenters. The average molecular weight is 340 g/mol. The molecule has 1 saturated heterocycles. The molecule has 2 aromatic rings. The van der Waals surface area contributed by atoms with E-state index in [4.69, 9.17) is 20.9 Å².